The molecule has 0 radical (unpaired) electrons. The van der Waals surface area contributed by atoms with Crippen molar-refractivity contribution in [3.05, 3.63) is 64.2 Å². The quantitative estimate of drug-likeness (QED) is 0.794. The van der Waals surface area contributed by atoms with E-state index in [0.29, 0.717) is 18.7 Å². The minimum absolute atomic E-state index is 0.0875. The van der Waals surface area contributed by atoms with Crippen LogP contribution < -0.4 is 0 Å². The fraction of sp³-hybridized carbons (Fsp3) is 0.455. The van der Waals surface area contributed by atoms with Crippen molar-refractivity contribution in [1.29, 1.82) is 0 Å². The highest BCUT2D eigenvalue weighted by Crippen LogP contribution is 2.25. The highest BCUT2D eigenvalue weighted by molar-refractivity contribution is 5.42. The van der Waals surface area contributed by atoms with Gasteiger partial charge in [-0.3, -0.25) is 9.80 Å². The highest BCUT2D eigenvalue weighted by Gasteiger charge is 2.27. The molecular formula is C22H28F2N2O2. The molecule has 0 amide bonds. The van der Waals surface area contributed by atoms with E-state index in [0.717, 1.165) is 54.5 Å². The Morgan fingerprint density at radius 2 is 1.68 bits per heavy atom. The molecule has 0 aliphatic carbocycles. The molecule has 3 rings (SSSR count). The van der Waals surface area contributed by atoms with Crippen LogP contribution in [0.4, 0.5) is 8.78 Å². The Bertz CT molecular complexity index is 805. The highest BCUT2D eigenvalue weighted by atomic mass is 19.2. The third-order valence-corrected chi connectivity index (χ3v) is 5.48. The van der Waals surface area contributed by atoms with Gasteiger partial charge in [-0.05, 0) is 54.7 Å². The first-order chi connectivity index (χ1) is 13.4. The maximum atomic E-state index is 13.5. The SMILES string of the molecule is Cc1cc(CN2CCN(Cc3ccc(F)c(F)c3)[C@@H](CCO)C2)cc(C)c1O. The van der Waals surface area contributed by atoms with Crippen molar-refractivity contribution in [3.63, 3.8) is 0 Å². The molecule has 152 valence electrons. The summed E-state index contributed by atoms with van der Waals surface area (Å²) in [5, 5.41) is 19.4. The first-order valence-corrected chi connectivity index (χ1v) is 9.67. The number of nitrogens with zero attached hydrogens (tertiary/aromatic N) is 2. The van der Waals surface area contributed by atoms with E-state index in [1.165, 1.54) is 6.07 Å². The minimum Gasteiger partial charge on any atom is -0.507 e. The zero-order chi connectivity index (χ0) is 20.3. The standard InChI is InChI=1S/C22H28F2N2O2/c1-15-9-18(10-16(2)22(15)28)12-25-6-7-26(19(14-25)5-8-27)13-17-3-4-20(23)21(24)11-17/h3-4,9-11,19,27-28H,5-8,12-14H2,1-2H3/t19-/m0/s1. The molecule has 0 bridgehead atoms. The van der Waals surface area contributed by atoms with Crippen LogP contribution in [0.2, 0.25) is 0 Å². The average molecular weight is 390 g/mol. The van der Waals surface area contributed by atoms with Crippen molar-refractivity contribution < 1.29 is 19.0 Å². The fourth-order valence-electron chi connectivity index (χ4n) is 4.00. The normalized spacial score (nSPS) is 18.5. The molecule has 6 heteroatoms. The number of aliphatic hydroxyl groups excluding tert-OH is 1. The summed E-state index contributed by atoms with van der Waals surface area (Å²) >= 11 is 0. The van der Waals surface area contributed by atoms with Gasteiger partial charge in [-0.1, -0.05) is 18.2 Å². The van der Waals surface area contributed by atoms with E-state index < -0.39 is 11.6 Å². The first-order valence-electron chi connectivity index (χ1n) is 9.67. The van der Waals surface area contributed by atoms with E-state index in [-0.39, 0.29) is 12.6 Å². The number of hydrogen-bond acceptors (Lipinski definition) is 4. The van der Waals surface area contributed by atoms with Gasteiger partial charge in [0.15, 0.2) is 11.6 Å². The van der Waals surface area contributed by atoms with Crippen molar-refractivity contribution in [1.82, 2.24) is 9.80 Å². The van der Waals surface area contributed by atoms with Crippen LogP contribution in [-0.4, -0.2) is 52.3 Å². The first kappa shape index (κ1) is 20.7. The summed E-state index contributed by atoms with van der Waals surface area (Å²) in [6, 6.07) is 8.19. The number of hydrogen-bond donors (Lipinski definition) is 2. The topological polar surface area (TPSA) is 46.9 Å². The molecule has 2 aromatic carbocycles. The predicted molar refractivity (Wildman–Crippen MR) is 105 cm³/mol. The Labute approximate surface area is 165 Å². The number of phenols is 1. The molecule has 1 saturated heterocycles. The van der Waals surface area contributed by atoms with E-state index in [1.807, 2.05) is 26.0 Å². The number of benzene rings is 2. The van der Waals surface area contributed by atoms with Gasteiger partial charge < -0.3 is 10.2 Å². The molecule has 1 atom stereocenters. The molecule has 0 spiro atoms. The maximum Gasteiger partial charge on any atom is 0.159 e. The van der Waals surface area contributed by atoms with Crippen molar-refractivity contribution in [2.24, 2.45) is 0 Å². The Balaban J connectivity index is 1.67. The molecule has 0 saturated carbocycles. The number of aromatic hydroxyl groups is 1. The van der Waals surface area contributed by atoms with Gasteiger partial charge in [-0.2, -0.15) is 0 Å². The van der Waals surface area contributed by atoms with Crippen LogP contribution >= 0.6 is 0 Å². The van der Waals surface area contributed by atoms with Crippen LogP contribution in [0.1, 0.15) is 28.7 Å². The van der Waals surface area contributed by atoms with Gasteiger partial charge in [0.25, 0.3) is 0 Å². The largest absolute Gasteiger partial charge is 0.507 e. The molecule has 2 aromatic rings. The van der Waals surface area contributed by atoms with Crippen LogP contribution in [0.15, 0.2) is 30.3 Å². The molecule has 4 nitrogen and oxygen atoms in total. The number of aliphatic hydroxyl groups is 1. The smallest absolute Gasteiger partial charge is 0.159 e. The second kappa shape index (κ2) is 8.99. The lowest BCUT2D eigenvalue weighted by Gasteiger charge is -2.41. The summed E-state index contributed by atoms with van der Waals surface area (Å²) < 4.78 is 26.7. The number of piperazine rings is 1. The van der Waals surface area contributed by atoms with Gasteiger partial charge in [0.05, 0.1) is 0 Å². The monoisotopic (exact) mass is 390 g/mol. The molecular weight excluding hydrogens is 362 g/mol. The molecule has 1 aliphatic heterocycles. The number of phenolic OH excluding ortho intramolecular Hbond substituents is 1. The van der Waals surface area contributed by atoms with Gasteiger partial charge in [0.1, 0.15) is 5.75 Å². The molecule has 1 fully saturated rings. The Morgan fingerprint density at radius 3 is 2.32 bits per heavy atom. The van der Waals surface area contributed by atoms with Crippen LogP contribution in [0, 0.1) is 25.5 Å². The lowest BCUT2D eigenvalue weighted by molar-refractivity contribution is 0.0499. The van der Waals surface area contributed by atoms with Crippen molar-refractivity contribution in [2.75, 3.05) is 26.2 Å². The summed E-state index contributed by atoms with van der Waals surface area (Å²) in [5.74, 6) is -1.31. The Hall–Kier alpha value is -2.02. The average Bonchev–Trinajstić information content (AvgIpc) is 2.65. The van der Waals surface area contributed by atoms with E-state index in [9.17, 15) is 19.0 Å². The lowest BCUT2D eigenvalue weighted by Crippen LogP contribution is -2.52. The van der Waals surface area contributed by atoms with E-state index in [1.54, 1.807) is 6.07 Å². The van der Waals surface area contributed by atoms with Crippen LogP contribution in [0.25, 0.3) is 0 Å². The third kappa shape index (κ3) is 4.87. The van der Waals surface area contributed by atoms with Crippen molar-refractivity contribution in [2.45, 2.75) is 39.4 Å². The van der Waals surface area contributed by atoms with Crippen molar-refractivity contribution in [3.8, 4) is 5.75 Å². The second-order valence-electron chi connectivity index (χ2n) is 7.70. The molecule has 0 aromatic heterocycles. The summed E-state index contributed by atoms with van der Waals surface area (Å²) in [5.41, 5.74) is 3.64. The van der Waals surface area contributed by atoms with Gasteiger partial charge in [0, 0.05) is 45.4 Å². The van der Waals surface area contributed by atoms with Gasteiger partial charge in [0.2, 0.25) is 0 Å². The minimum atomic E-state index is -0.833. The summed E-state index contributed by atoms with van der Waals surface area (Å²) in [4.78, 5) is 4.57. The summed E-state index contributed by atoms with van der Waals surface area (Å²) in [6.07, 6.45) is 0.633. The number of halogens is 2. The molecule has 28 heavy (non-hydrogen) atoms. The predicted octanol–water partition coefficient (Wildman–Crippen LogP) is 3.36. The Kier molecular flexibility index (Phi) is 6.65. The number of rotatable bonds is 6. The van der Waals surface area contributed by atoms with Gasteiger partial charge in [-0.25, -0.2) is 8.78 Å². The second-order valence-corrected chi connectivity index (χ2v) is 7.70. The zero-order valence-corrected chi connectivity index (χ0v) is 16.5. The van der Waals surface area contributed by atoms with Crippen LogP contribution in [0.3, 0.4) is 0 Å². The van der Waals surface area contributed by atoms with Gasteiger partial charge in [-0.15, -0.1) is 0 Å². The van der Waals surface area contributed by atoms with Crippen LogP contribution in [-0.2, 0) is 13.1 Å². The van der Waals surface area contributed by atoms with Crippen LogP contribution in [0.5, 0.6) is 5.75 Å². The molecule has 1 aliphatic rings. The van der Waals surface area contributed by atoms with Gasteiger partial charge >= 0.3 is 0 Å². The van der Waals surface area contributed by atoms with E-state index in [4.69, 9.17) is 0 Å². The summed E-state index contributed by atoms with van der Waals surface area (Å²) in [7, 11) is 0. The third-order valence-electron chi connectivity index (χ3n) is 5.48. The van der Waals surface area contributed by atoms with E-state index >= 15 is 0 Å². The Morgan fingerprint density at radius 1 is 0.964 bits per heavy atom. The molecule has 2 N–H and O–H groups in total. The maximum absolute atomic E-state index is 13.5. The number of aryl methyl sites for hydroxylation is 2. The van der Waals surface area contributed by atoms with E-state index in [2.05, 4.69) is 9.80 Å². The summed E-state index contributed by atoms with van der Waals surface area (Å²) in [6.45, 7) is 7.65. The van der Waals surface area contributed by atoms with Crippen molar-refractivity contribution >= 4 is 0 Å². The fourth-order valence-corrected chi connectivity index (χ4v) is 4.00. The molecule has 1 heterocycles. The zero-order valence-electron chi connectivity index (χ0n) is 16.5. The molecule has 0 unspecified atom stereocenters. The lowest BCUT2D eigenvalue weighted by atomic mass is 10.0.